The summed E-state index contributed by atoms with van der Waals surface area (Å²) in [4.78, 5) is 35.4. The average Bonchev–Trinajstić information content (AvgIpc) is 3.11. The van der Waals surface area contributed by atoms with Gasteiger partial charge in [-0.3, -0.25) is 19.9 Å². The lowest BCUT2D eigenvalue weighted by Crippen LogP contribution is -2.17. The quantitative estimate of drug-likeness (QED) is 0.684. The highest BCUT2D eigenvalue weighted by molar-refractivity contribution is 6.04. The number of nitrogens with zero attached hydrogens (tertiary/aromatic N) is 3. The minimum absolute atomic E-state index is 0.0212. The number of alkyl halides is 3. The first kappa shape index (κ1) is 18.8. The normalized spacial score (nSPS) is 11.0. The third kappa shape index (κ3) is 5.03. The Bertz CT molecular complexity index is 974. The molecule has 0 radical (unpaired) electrons. The van der Waals surface area contributed by atoms with Crippen molar-refractivity contribution in [1.29, 1.82) is 0 Å². The molecule has 9 nitrogen and oxygen atoms in total. The lowest BCUT2D eigenvalue weighted by molar-refractivity contribution is -0.274. The third-order valence-corrected chi connectivity index (χ3v) is 3.10. The number of hydrogen-bond donors (Lipinski definition) is 2. The summed E-state index contributed by atoms with van der Waals surface area (Å²) >= 11 is 0. The van der Waals surface area contributed by atoms with E-state index in [1.165, 1.54) is 30.7 Å². The third-order valence-electron chi connectivity index (χ3n) is 3.10. The molecule has 0 bridgehead atoms. The molecule has 12 heteroatoms. The van der Waals surface area contributed by atoms with Crippen LogP contribution in [0, 0.1) is 0 Å². The number of oxazole rings is 1. The van der Waals surface area contributed by atoms with E-state index in [1.807, 2.05) is 0 Å². The molecule has 3 rings (SSSR count). The number of amides is 2. The molecule has 0 spiro atoms. The lowest BCUT2D eigenvalue weighted by atomic mass is 10.3. The number of ether oxygens (including phenoxy) is 1. The zero-order chi connectivity index (χ0) is 20.1. The van der Waals surface area contributed by atoms with Crippen LogP contribution in [-0.4, -0.2) is 33.1 Å². The summed E-state index contributed by atoms with van der Waals surface area (Å²) in [7, 11) is 0. The van der Waals surface area contributed by atoms with E-state index in [9.17, 15) is 22.8 Å². The van der Waals surface area contributed by atoms with E-state index in [4.69, 9.17) is 4.42 Å². The van der Waals surface area contributed by atoms with Gasteiger partial charge in [-0.05, 0) is 24.3 Å². The Labute approximate surface area is 154 Å². The van der Waals surface area contributed by atoms with Crippen LogP contribution in [-0.2, 0) is 0 Å². The molecule has 144 valence electrons. The van der Waals surface area contributed by atoms with Crippen molar-refractivity contribution in [1.82, 2.24) is 15.0 Å². The van der Waals surface area contributed by atoms with E-state index in [-0.39, 0.29) is 23.1 Å². The molecule has 0 fully saturated rings. The predicted molar refractivity (Wildman–Crippen MR) is 87.6 cm³/mol. The number of anilines is 2. The molecule has 2 heterocycles. The molecule has 2 N–H and O–H groups in total. The second-order valence-corrected chi connectivity index (χ2v) is 5.11. The van der Waals surface area contributed by atoms with Crippen LogP contribution < -0.4 is 15.4 Å². The smallest absolute Gasteiger partial charge is 0.431 e. The molecular formula is C16H10F3N5O4. The molecule has 0 saturated carbocycles. The highest BCUT2D eigenvalue weighted by atomic mass is 19.4. The number of rotatable bonds is 5. The van der Waals surface area contributed by atoms with Crippen LogP contribution in [0.2, 0.25) is 0 Å². The molecule has 0 atom stereocenters. The van der Waals surface area contributed by atoms with Gasteiger partial charge in [0.1, 0.15) is 17.7 Å². The summed E-state index contributed by atoms with van der Waals surface area (Å²) < 4.78 is 45.1. The average molecular weight is 393 g/mol. The van der Waals surface area contributed by atoms with Gasteiger partial charge in [0, 0.05) is 18.1 Å². The molecule has 1 aromatic carbocycles. The van der Waals surface area contributed by atoms with Crippen LogP contribution in [0.5, 0.6) is 5.75 Å². The van der Waals surface area contributed by atoms with Gasteiger partial charge in [0.25, 0.3) is 11.8 Å². The molecular weight excluding hydrogens is 383 g/mol. The number of halogens is 3. The highest BCUT2D eigenvalue weighted by Crippen LogP contribution is 2.24. The first-order valence-corrected chi connectivity index (χ1v) is 7.50. The second-order valence-electron chi connectivity index (χ2n) is 5.11. The van der Waals surface area contributed by atoms with Crippen molar-refractivity contribution >= 4 is 23.5 Å². The number of hydrogen-bond acceptors (Lipinski definition) is 7. The van der Waals surface area contributed by atoms with Gasteiger partial charge in [-0.2, -0.15) is 4.98 Å². The summed E-state index contributed by atoms with van der Waals surface area (Å²) in [5.41, 5.74) is 0.0607. The lowest BCUT2D eigenvalue weighted by Gasteiger charge is -2.09. The van der Waals surface area contributed by atoms with E-state index in [1.54, 1.807) is 0 Å². The SMILES string of the molecule is O=C(Nc1ccc(OC(F)(F)F)cc1)c1coc(NC(=O)c2cnccn2)n1. The van der Waals surface area contributed by atoms with Crippen LogP contribution in [0.25, 0.3) is 0 Å². The van der Waals surface area contributed by atoms with Crippen molar-refractivity contribution in [2.24, 2.45) is 0 Å². The van der Waals surface area contributed by atoms with Crippen molar-refractivity contribution in [2.45, 2.75) is 6.36 Å². The van der Waals surface area contributed by atoms with Crippen LogP contribution in [0.15, 0.2) is 53.5 Å². The Kier molecular flexibility index (Phi) is 5.20. The van der Waals surface area contributed by atoms with Gasteiger partial charge in [-0.25, -0.2) is 4.98 Å². The number of benzene rings is 1. The summed E-state index contributed by atoms with van der Waals surface area (Å²) in [5, 5.41) is 4.72. The maximum absolute atomic E-state index is 12.1. The summed E-state index contributed by atoms with van der Waals surface area (Å²) in [6, 6.07) is 4.28. The Morgan fingerprint density at radius 3 is 2.36 bits per heavy atom. The van der Waals surface area contributed by atoms with E-state index in [0.29, 0.717) is 0 Å². The van der Waals surface area contributed by atoms with Gasteiger partial charge >= 0.3 is 12.4 Å². The Balaban J connectivity index is 1.60. The number of aromatic nitrogens is 3. The van der Waals surface area contributed by atoms with Gasteiger partial charge in [-0.15, -0.1) is 13.2 Å². The van der Waals surface area contributed by atoms with Gasteiger partial charge < -0.3 is 14.5 Å². The van der Waals surface area contributed by atoms with Crippen molar-refractivity contribution in [2.75, 3.05) is 10.6 Å². The van der Waals surface area contributed by atoms with Crippen molar-refractivity contribution in [3.63, 3.8) is 0 Å². The molecule has 3 aromatic rings. The zero-order valence-corrected chi connectivity index (χ0v) is 13.7. The van der Waals surface area contributed by atoms with E-state index in [2.05, 4.69) is 30.3 Å². The van der Waals surface area contributed by atoms with Crippen LogP contribution in [0.1, 0.15) is 21.0 Å². The first-order valence-electron chi connectivity index (χ1n) is 7.50. The van der Waals surface area contributed by atoms with Crippen LogP contribution >= 0.6 is 0 Å². The molecule has 2 amide bonds. The fourth-order valence-corrected chi connectivity index (χ4v) is 1.95. The summed E-state index contributed by atoms with van der Waals surface area (Å²) in [6.45, 7) is 0. The molecule has 0 aliphatic heterocycles. The molecule has 28 heavy (non-hydrogen) atoms. The molecule has 0 aliphatic carbocycles. The van der Waals surface area contributed by atoms with Gasteiger partial charge in [0.15, 0.2) is 5.69 Å². The maximum Gasteiger partial charge on any atom is 0.573 e. The molecule has 2 aromatic heterocycles. The molecule has 0 unspecified atom stereocenters. The Morgan fingerprint density at radius 1 is 1.00 bits per heavy atom. The van der Waals surface area contributed by atoms with Crippen molar-refractivity contribution in [3.05, 3.63) is 60.5 Å². The molecule has 0 aliphatic rings. The van der Waals surface area contributed by atoms with Crippen LogP contribution in [0.4, 0.5) is 24.9 Å². The number of carbonyl (C=O) groups is 2. The second kappa shape index (κ2) is 7.73. The monoisotopic (exact) mass is 393 g/mol. The van der Waals surface area contributed by atoms with E-state index < -0.39 is 23.9 Å². The summed E-state index contributed by atoms with van der Waals surface area (Å²) in [5.74, 6) is -1.77. The standard InChI is InChI=1S/C16H10F3N5O4/c17-16(18,19)28-10-3-1-9(2-4-10)22-14(26)12-8-27-15(23-12)24-13(25)11-7-20-5-6-21-11/h1-8H,(H,22,26)(H,23,24,25). The summed E-state index contributed by atoms with van der Waals surface area (Å²) in [6.07, 6.45) is 0.152. The zero-order valence-electron chi connectivity index (χ0n) is 13.7. The topological polar surface area (TPSA) is 119 Å². The van der Waals surface area contributed by atoms with Gasteiger partial charge in [0.2, 0.25) is 0 Å². The maximum atomic E-state index is 12.1. The Morgan fingerprint density at radius 2 is 1.71 bits per heavy atom. The predicted octanol–water partition coefficient (Wildman–Crippen LogP) is 2.87. The van der Waals surface area contributed by atoms with Crippen LogP contribution in [0.3, 0.4) is 0 Å². The van der Waals surface area contributed by atoms with Gasteiger partial charge in [0.05, 0.1) is 6.20 Å². The highest BCUT2D eigenvalue weighted by Gasteiger charge is 2.31. The van der Waals surface area contributed by atoms with Crippen molar-refractivity contribution < 1.29 is 31.9 Å². The fraction of sp³-hybridized carbons (Fsp3) is 0.0625. The molecule has 0 saturated heterocycles. The van der Waals surface area contributed by atoms with E-state index in [0.717, 1.165) is 18.4 Å². The number of carbonyl (C=O) groups excluding carboxylic acids is 2. The van der Waals surface area contributed by atoms with E-state index >= 15 is 0 Å². The largest absolute Gasteiger partial charge is 0.573 e. The number of nitrogens with one attached hydrogen (secondary N) is 2. The minimum atomic E-state index is -4.81. The minimum Gasteiger partial charge on any atom is -0.431 e. The van der Waals surface area contributed by atoms with Gasteiger partial charge in [-0.1, -0.05) is 0 Å². The van der Waals surface area contributed by atoms with Crippen molar-refractivity contribution in [3.8, 4) is 5.75 Å². The first-order chi connectivity index (χ1) is 13.3. The Hall–Kier alpha value is -3.96. The fourth-order valence-electron chi connectivity index (χ4n) is 1.95.